The van der Waals surface area contributed by atoms with Gasteiger partial charge in [0.15, 0.2) is 0 Å². The third-order valence-corrected chi connectivity index (χ3v) is 8.65. The summed E-state index contributed by atoms with van der Waals surface area (Å²) in [5.41, 5.74) is 12.5. The van der Waals surface area contributed by atoms with E-state index in [9.17, 15) is 0 Å². The predicted octanol–water partition coefficient (Wildman–Crippen LogP) is 12.7. The summed E-state index contributed by atoms with van der Waals surface area (Å²) >= 11 is 0. The van der Waals surface area contributed by atoms with Crippen molar-refractivity contribution in [3.8, 4) is 33.4 Å². The molecule has 246 valence electrons. The molecule has 0 unspecified atom stereocenters. The number of hydrogen-bond donors (Lipinski definition) is 0. The van der Waals surface area contributed by atoms with Crippen LogP contribution in [-0.4, -0.2) is 9.97 Å². The van der Waals surface area contributed by atoms with Gasteiger partial charge < -0.3 is 9.80 Å². The van der Waals surface area contributed by atoms with E-state index in [0.717, 1.165) is 67.5 Å². The van der Waals surface area contributed by atoms with Crippen LogP contribution < -0.4 is 9.80 Å². The largest absolute Gasteiger partial charge is 0.311 e. The summed E-state index contributed by atoms with van der Waals surface area (Å²) in [4.78, 5) is 13.7. The third kappa shape index (κ3) is 7.61. The van der Waals surface area contributed by atoms with E-state index in [0.29, 0.717) is 0 Å². The highest BCUT2D eigenvalue weighted by atomic mass is 15.1. The monoisotopic (exact) mass is 658 g/mol. The number of nitrogens with zero attached hydrogens (tertiary/aromatic N) is 4. The molecule has 5 aromatic carbocycles. The first kappa shape index (κ1) is 32.8. The lowest BCUT2D eigenvalue weighted by Gasteiger charge is -2.25. The van der Waals surface area contributed by atoms with E-state index in [1.807, 2.05) is 86.3 Å². The molecular weight excluding hydrogens is 621 g/mol. The Kier molecular flexibility index (Phi) is 10.0. The molecule has 0 aliphatic carbocycles. The molecule has 0 N–H and O–H groups in total. The molecular formula is C47H38N4. The Morgan fingerprint density at radius 2 is 0.824 bits per heavy atom. The molecule has 0 aliphatic rings. The van der Waals surface area contributed by atoms with Crippen LogP contribution in [0.5, 0.6) is 0 Å². The smallest absolute Gasteiger partial charge is 0.0462 e. The highest BCUT2D eigenvalue weighted by molar-refractivity contribution is 5.80. The van der Waals surface area contributed by atoms with Gasteiger partial charge in [-0.15, -0.1) is 0 Å². The minimum Gasteiger partial charge on any atom is -0.311 e. The van der Waals surface area contributed by atoms with Crippen molar-refractivity contribution in [3.63, 3.8) is 0 Å². The Morgan fingerprint density at radius 3 is 1.27 bits per heavy atom. The maximum absolute atomic E-state index is 4.63. The zero-order valence-corrected chi connectivity index (χ0v) is 28.5. The Morgan fingerprint density at radius 1 is 0.451 bits per heavy atom. The molecule has 0 radical (unpaired) electrons. The van der Waals surface area contributed by atoms with Crippen molar-refractivity contribution in [1.29, 1.82) is 0 Å². The summed E-state index contributed by atoms with van der Waals surface area (Å²) in [7, 11) is 0. The molecule has 0 fully saturated rings. The molecule has 0 bridgehead atoms. The van der Waals surface area contributed by atoms with Gasteiger partial charge in [-0.25, -0.2) is 0 Å². The number of para-hydroxylation sites is 3. The average Bonchev–Trinajstić information content (AvgIpc) is 3.20. The van der Waals surface area contributed by atoms with Gasteiger partial charge in [0.25, 0.3) is 0 Å². The third-order valence-electron chi connectivity index (χ3n) is 8.65. The minimum absolute atomic E-state index is 0.877. The van der Waals surface area contributed by atoms with Crippen molar-refractivity contribution in [2.45, 2.75) is 6.92 Å². The summed E-state index contributed by atoms with van der Waals surface area (Å²) in [5, 5.41) is 0. The molecule has 0 saturated heterocycles. The van der Waals surface area contributed by atoms with E-state index in [4.69, 9.17) is 0 Å². The van der Waals surface area contributed by atoms with Crippen LogP contribution in [-0.2, 0) is 0 Å². The SMILES string of the molecule is C=C(/C=C\C=C/C)N(c1ccccc1)c1ccc(-c2cncc(-c3cncc(-c4ccc(N(c5ccccc5)c5ccccc5)cc4)c3)c2)cc1. The second-order valence-electron chi connectivity index (χ2n) is 12.1. The van der Waals surface area contributed by atoms with Crippen molar-refractivity contribution in [2.75, 3.05) is 9.80 Å². The summed E-state index contributed by atoms with van der Waals surface area (Å²) in [6.45, 7) is 6.36. The van der Waals surface area contributed by atoms with Crippen LogP contribution >= 0.6 is 0 Å². The Balaban J connectivity index is 1.14. The first-order valence-electron chi connectivity index (χ1n) is 17.0. The molecule has 7 aromatic rings. The van der Waals surface area contributed by atoms with Gasteiger partial charge in [-0.1, -0.05) is 104 Å². The lowest BCUT2D eigenvalue weighted by Crippen LogP contribution is -2.14. The van der Waals surface area contributed by atoms with Crippen LogP contribution in [0.3, 0.4) is 0 Å². The number of benzene rings is 5. The highest BCUT2D eigenvalue weighted by Gasteiger charge is 2.14. The number of pyridine rings is 2. The molecule has 4 heteroatoms. The normalized spacial score (nSPS) is 11.2. The van der Waals surface area contributed by atoms with Gasteiger partial charge in [-0.05, 0) is 96.9 Å². The van der Waals surface area contributed by atoms with E-state index >= 15 is 0 Å². The van der Waals surface area contributed by atoms with Crippen molar-refractivity contribution in [1.82, 2.24) is 9.97 Å². The zero-order valence-electron chi connectivity index (χ0n) is 28.5. The van der Waals surface area contributed by atoms with Crippen LogP contribution in [0.2, 0.25) is 0 Å². The van der Waals surface area contributed by atoms with Gasteiger partial charge in [-0.3, -0.25) is 9.97 Å². The minimum atomic E-state index is 0.877. The standard InChI is InChI=1S/C47H38N4/c1-3-4-8-15-36(2)50(43-16-9-5-10-17-43)46-26-22-37(23-27-46)39-30-41(34-48-32-39)42-31-40(33-49-35-42)38-24-28-47(29-25-38)51(44-18-11-6-12-19-44)45-20-13-7-14-21-45/h3-35H,2H2,1H3/b4-3-,15-8-. The fourth-order valence-corrected chi connectivity index (χ4v) is 6.13. The topological polar surface area (TPSA) is 32.3 Å². The van der Waals surface area contributed by atoms with Crippen LogP contribution in [0.4, 0.5) is 28.4 Å². The average molecular weight is 659 g/mol. The predicted molar refractivity (Wildman–Crippen MR) is 215 cm³/mol. The van der Waals surface area contributed by atoms with Crippen LogP contribution in [0.1, 0.15) is 6.92 Å². The summed E-state index contributed by atoms with van der Waals surface area (Å²) in [5.74, 6) is 0. The van der Waals surface area contributed by atoms with Crippen molar-refractivity contribution < 1.29 is 0 Å². The second kappa shape index (κ2) is 15.6. The summed E-state index contributed by atoms with van der Waals surface area (Å²) in [6, 6.07) is 52.7. The fourth-order valence-electron chi connectivity index (χ4n) is 6.13. The van der Waals surface area contributed by atoms with Gasteiger partial charge in [0.05, 0.1) is 0 Å². The quantitative estimate of drug-likeness (QED) is 0.130. The molecule has 0 amide bonds. The molecule has 2 heterocycles. The van der Waals surface area contributed by atoms with E-state index in [1.54, 1.807) is 0 Å². The van der Waals surface area contributed by atoms with Gasteiger partial charge in [0.1, 0.15) is 0 Å². The number of hydrogen-bond acceptors (Lipinski definition) is 4. The lowest BCUT2D eigenvalue weighted by atomic mass is 10.00. The van der Waals surface area contributed by atoms with Crippen molar-refractivity contribution in [3.05, 3.63) is 213 Å². The molecule has 51 heavy (non-hydrogen) atoms. The van der Waals surface area contributed by atoms with Crippen LogP contribution in [0.25, 0.3) is 33.4 Å². The highest BCUT2D eigenvalue weighted by Crippen LogP contribution is 2.36. The second-order valence-corrected chi connectivity index (χ2v) is 12.1. The van der Waals surface area contributed by atoms with E-state index in [2.05, 4.69) is 148 Å². The molecule has 2 aromatic heterocycles. The molecule has 0 atom stereocenters. The molecule has 0 spiro atoms. The van der Waals surface area contributed by atoms with Crippen LogP contribution in [0, 0.1) is 0 Å². The van der Waals surface area contributed by atoms with E-state index < -0.39 is 0 Å². The number of allylic oxidation sites excluding steroid dienone is 4. The van der Waals surface area contributed by atoms with Crippen LogP contribution in [0.15, 0.2) is 213 Å². The molecule has 4 nitrogen and oxygen atoms in total. The lowest BCUT2D eigenvalue weighted by molar-refractivity contribution is 1.22. The summed E-state index contributed by atoms with van der Waals surface area (Å²) < 4.78 is 0. The maximum Gasteiger partial charge on any atom is 0.0462 e. The van der Waals surface area contributed by atoms with Crippen molar-refractivity contribution >= 4 is 28.4 Å². The molecule has 0 aliphatic heterocycles. The Labute approximate surface area is 300 Å². The van der Waals surface area contributed by atoms with E-state index in [1.165, 1.54) is 0 Å². The summed E-state index contributed by atoms with van der Waals surface area (Å²) in [6.07, 6.45) is 15.7. The Bertz CT molecular complexity index is 2220. The zero-order chi connectivity index (χ0) is 34.8. The van der Waals surface area contributed by atoms with Gasteiger partial charge in [-0.2, -0.15) is 0 Å². The van der Waals surface area contributed by atoms with Gasteiger partial charge >= 0.3 is 0 Å². The van der Waals surface area contributed by atoms with Crippen molar-refractivity contribution in [2.24, 2.45) is 0 Å². The number of rotatable bonds is 11. The molecule has 7 rings (SSSR count). The molecule has 0 saturated carbocycles. The van der Waals surface area contributed by atoms with Gasteiger partial charge in [0, 0.05) is 81.2 Å². The maximum atomic E-state index is 4.63. The van der Waals surface area contributed by atoms with E-state index in [-0.39, 0.29) is 0 Å². The van der Waals surface area contributed by atoms with Gasteiger partial charge in [0.2, 0.25) is 0 Å². The Hall–Kier alpha value is -6.78. The number of aromatic nitrogens is 2. The fraction of sp³-hybridized carbons (Fsp3) is 0.0213. The first-order valence-corrected chi connectivity index (χ1v) is 17.0. The first-order chi connectivity index (χ1) is 25.2. The number of anilines is 5.